The van der Waals surface area contributed by atoms with Crippen molar-refractivity contribution in [2.24, 2.45) is 0 Å². The third kappa shape index (κ3) is 4.13. The van der Waals surface area contributed by atoms with E-state index in [2.05, 4.69) is 17.1 Å². The molecule has 1 aliphatic rings. The van der Waals surface area contributed by atoms with Crippen LogP contribution in [0.3, 0.4) is 0 Å². The molecule has 1 aliphatic carbocycles. The molecule has 0 saturated heterocycles. The molecule has 0 spiro atoms. The molecular weight excluding hydrogens is 280 g/mol. The fraction of sp³-hybridized carbons (Fsp3) is 0.588. The van der Waals surface area contributed by atoms with Gasteiger partial charge in [-0.1, -0.05) is 19.8 Å². The fourth-order valence-corrected chi connectivity index (χ4v) is 3.07. The fourth-order valence-electron chi connectivity index (χ4n) is 3.07. The van der Waals surface area contributed by atoms with Gasteiger partial charge in [-0.2, -0.15) is 0 Å². The Labute approximate surface area is 132 Å². The number of methoxy groups -OCH3 is 2. The second-order valence-electron chi connectivity index (χ2n) is 5.62. The van der Waals surface area contributed by atoms with Crippen molar-refractivity contribution in [3.63, 3.8) is 0 Å². The molecule has 1 amide bonds. The summed E-state index contributed by atoms with van der Waals surface area (Å²) in [5, 5.41) is 2.94. The van der Waals surface area contributed by atoms with Crippen LogP contribution in [0.25, 0.3) is 0 Å². The second kappa shape index (κ2) is 8.03. The van der Waals surface area contributed by atoms with Crippen LogP contribution in [0.1, 0.15) is 32.6 Å². The molecule has 1 aromatic rings. The van der Waals surface area contributed by atoms with Gasteiger partial charge in [0.1, 0.15) is 0 Å². The Morgan fingerprint density at radius 3 is 2.50 bits per heavy atom. The molecule has 0 atom stereocenters. The Morgan fingerprint density at radius 2 is 1.91 bits per heavy atom. The molecule has 1 saturated carbocycles. The van der Waals surface area contributed by atoms with Gasteiger partial charge in [-0.05, 0) is 31.5 Å². The molecule has 122 valence electrons. The van der Waals surface area contributed by atoms with Crippen LogP contribution in [0.2, 0.25) is 0 Å². The minimum Gasteiger partial charge on any atom is -0.493 e. The number of amides is 1. The Bertz CT molecular complexity index is 499. The van der Waals surface area contributed by atoms with Crippen LogP contribution in [0.5, 0.6) is 11.5 Å². The van der Waals surface area contributed by atoms with Gasteiger partial charge in [0.25, 0.3) is 0 Å². The summed E-state index contributed by atoms with van der Waals surface area (Å²) >= 11 is 0. The molecule has 1 N–H and O–H groups in total. The van der Waals surface area contributed by atoms with Crippen LogP contribution in [0.4, 0.5) is 5.69 Å². The van der Waals surface area contributed by atoms with Crippen molar-refractivity contribution >= 4 is 11.6 Å². The average molecular weight is 306 g/mol. The summed E-state index contributed by atoms with van der Waals surface area (Å²) in [7, 11) is 3.18. The van der Waals surface area contributed by atoms with E-state index >= 15 is 0 Å². The largest absolute Gasteiger partial charge is 0.493 e. The van der Waals surface area contributed by atoms with Crippen molar-refractivity contribution in [1.29, 1.82) is 0 Å². The lowest BCUT2D eigenvalue weighted by molar-refractivity contribution is -0.117. The number of carbonyl (C=O) groups excluding carboxylic acids is 1. The quantitative estimate of drug-likeness (QED) is 0.841. The summed E-state index contributed by atoms with van der Waals surface area (Å²) in [6.45, 7) is 3.46. The smallest absolute Gasteiger partial charge is 0.238 e. The molecule has 0 radical (unpaired) electrons. The number of ether oxygens (including phenoxy) is 2. The van der Waals surface area contributed by atoms with Crippen molar-refractivity contribution in [2.45, 2.75) is 38.6 Å². The van der Waals surface area contributed by atoms with Gasteiger partial charge in [-0.15, -0.1) is 0 Å². The van der Waals surface area contributed by atoms with Gasteiger partial charge in [0, 0.05) is 17.8 Å². The van der Waals surface area contributed by atoms with Gasteiger partial charge in [-0.3, -0.25) is 9.69 Å². The molecule has 0 aromatic heterocycles. The summed E-state index contributed by atoms with van der Waals surface area (Å²) in [4.78, 5) is 14.5. The van der Waals surface area contributed by atoms with Crippen molar-refractivity contribution in [1.82, 2.24) is 4.90 Å². The van der Waals surface area contributed by atoms with Crippen LogP contribution >= 0.6 is 0 Å². The number of rotatable bonds is 7. The first-order chi connectivity index (χ1) is 10.7. The highest BCUT2D eigenvalue weighted by molar-refractivity contribution is 5.92. The van der Waals surface area contributed by atoms with Crippen molar-refractivity contribution in [3.05, 3.63) is 18.2 Å². The van der Waals surface area contributed by atoms with E-state index in [4.69, 9.17) is 9.47 Å². The van der Waals surface area contributed by atoms with E-state index in [1.54, 1.807) is 26.4 Å². The highest BCUT2D eigenvalue weighted by atomic mass is 16.5. The lowest BCUT2D eigenvalue weighted by atomic mass is 10.2. The second-order valence-corrected chi connectivity index (χ2v) is 5.62. The van der Waals surface area contributed by atoms with Crippen LogP contribution in [0.15, 0.2) is 18.2 Å². The Hall–Kier alpha value is -1.75. The van der Waals surface area contributed by atoms with E-state index in [-0.39, 0.29) is 5.91 Å². The maximum Gasteiger partial charge on any atom is 0.238 e. The van der Waals surface area contributed by atoms with Crippen molar-refractivity contribution in [3.8, 4) is 11.5 Å². The summed E-state index contributed by atoms with van der Waals surface area (Å²) in [6.07, 6.45) is 4.96. The number of benzene rings is 1. The van der Waals surface area contributed by atoms with E-state index in [1.165, 1.54) is 25.7 Å². The summed E-state index contributed by atoms with van der Waals surface area (Å²) in [6, 6.07) is 5.96. The molecule has 5 heteroatoms. The summed E-state index contributed by atoms with van der Waals surface area (Å²) < 4.78 is 10.5. The standard InChI is InChI=1S/C17H26N2O3/c1-4-19(14-7-5-6-8-14)12-17(20)18-13-9-10-15(21-2)16(11-13)22-3/h9-11,14H,4-8,12H2,1-3H3,(H,18,20). The number of carbonyl (C=O) groups is 1. The van der Waals surface area contributed by atoms with Gasteiger partial charge < -0.3 is 14.8 Å². The molecule has 0 bridgehead atoms. The lowest BCUT2D eigenvalue weighted by Gasteiger charge is -2.26. The SMILES string of the molecule is CCN(CC(=O)Nc1ccc(OC)c(OC)c1)C1CCCC1. The van der Waals surface area contributed by atoms with Crippen molar-refractivity contribution in [2.75, 3.05) is 32.6 Å². The highest BCUT2D eigenvalue weighted by Gasteiger charge is 2.23. The predicted octanol–water partition coefficient (Wildman–Crippen LogP) is 2.91. The van der Waals surface area contributed by atoms with Crippen LogP contribution < -0.4 is 14.8 Å². The molecule has 22 heavy (non-hydrogen) atoms. The maximum atomic E-state index is 12.3. The van der Waals surface area contributed by atoms with E-state index in [0.717, 1.165) is 12.2 Å². The molecule has 1 fully saturated rings. The maximum absolute atomic E-state index is 12.3. The van der Waals surface area contributed by atoms with Crippen LogP contribution in [0, 0.1) is 0 Å². The van der Waals surface area contributed by atoms with Gasteiger partial charge in [-0.25, -0.2) is 0 Å². The molecule has 0 heterocycles. The third-order valence-corrected chi connectivity index (χ3v) is 4.26. The molecule has 0 aliphatic heterocycles. The minimum absolute atomic E-state index is 0.0148. The third-order valence-electron chi connectivity index (χ3n) is 4.26. The monoisotopic (exact) mass is 306 g/mol. The van der Waals surface area contributed by atoms with E-state index < -0.39 is 0 Å². The number of nitrogens with one attached hydrogen (secondary N) is 1. The number of nitrogens with zero attached hydrogens (tertiary/aromatic N) is 1. The zero-order chi connectivity index (χ0) is 15.9. The van der Waals surface area contributed by atoms with Gasteiger partial charge in [0.15, 0.2) is 11.5 Å². The number of hydrogen-bond donors (Lipinski definition) is 1. The molecule has 2 rings (SSSR count). The molecule has 5 nitrogen and oxygen atoms in total. The first-order valence-electron chi connectivity index (χ1n) is 7.93. The van der Waals surface area contributed by atoms with Gasteiger partial charge >= 0.3 is 0 Å². The van der Waals surface area contributed by atoms with Crippen molar-refractivity contribution < 1.29 is 14.3 Å². The van der Waals surface area contributed by atoms with E-state index in [9.17, 15) is 4.79 Å². The van der Waals surface area contributed by atoms with Crippen LogP contribution in [-0.2, 0) is 4.79 Å². The summed E-state index contributed by atoms with van der Waals surface area (Å²) in [5.41, 5.74) is 0.727. The Morgan fingerprint density at radius 1 is 1.23 bits per heavy atom. The van der Waals surface area contributed by atoms with Crippen LogP contribution in [-0.4, -0.2) is 44.2 Å². The molecular formula is C17H26N2O3. The normalized spacial score (nSPS) is 15.1. The first kappa shape index (κ1) is 16.6. The van der Waals surface area contributed by atoms with E-state index in [1.807, 2.05) is 6.07 Å². The molecule has 0 unspecified atom stereocenters. The zero-order valence-corrected chi connectivity index (χ0v) is 13.7. The Balaban J connectivity index is 1.96. The Kier molecular flexibility index (Phi) is 6.07. The number of anilines is 1. The topological polar surface area (TPSA) is 50.8 Å². The average Bonchev–Trinajstić information content (AvgIpc) is 3.06. The first-order valence-corrected chi connectivity index (χ1v) is 7.93. The predicted molar refractivity (Wildman–Crippen MR) is 87.7 cm³/mol. The zero-order valence-electron chi connectivity index (χ0n) is 13.7. The van der Waals surface area contributed by atoms with Gasteiger partial charge in [0.05, 0.1) is 20.8 Å². The molecule has 1 aromatic carbocycles. The van der Waals surface area contributed by atoms with Gasteiger partial charge in [0.2, 0.25) is 5.91 Å². The highest BCUT2D eigenvalue weighted by Crippen LogP contribution is 2.29. The van der Waals surface area contributed by atoms with E-state index in [0.29, 0.717) is 24.1 Å². The lowest BCUT2D eigenvalue weighted by Crippen LogP contribution is -2.39. The summed E-state index contributed by atoms with van der Waals surface area (Å²) in [5.74, 6) is 1.28. The minimum atomic E-state index is 0.0148. The number of hydrogen-bond acceptors (Lipinski definition) is 4. The number of likely N-dealkylation sites (N-methyl/N-ethyl adjacent to an activating group) is 1.